The summed E-state index contributed by atoms with van der Waals surface area (Å²) in [6, 6.07) is 8.70. The van der Waals surface area contributed by atoms with Crippen molar-refractivity contribution in [3.8, 4) is 0 Å². The summed E-state index contributed by atoms with van der Waals surface area (Å²) in [4.78, 5) is 29.1. The molecule has 2 aliphatic rings. The number of hydrogen-bond acceptors (Lipinski definition) is 5. The van der Waals surface area contributed by atoms with E-state index in [0.29, 0.717) is 34.5 Å². The van der Waals surface area contributed by atoms with Crippen molar-refractivity contribution in [3.05, 3.63) is 68.2 Å². The number of amides is 2. The smallest absolute Gasteiger partial charge is 0.302 e. The van der Waals surface area contributed by atoms with Gasteiger partial charge >= 0.3 is 6.18 Å². The van der Waals surface area contributed by atoms with Crippen LogP contribution >= 0.6 is 35.0 Å². The first-order valence-corrected chi connectivity index (χ1v) is 13.2. The first-order chi connectivity index (χ1) is 17.6. The quantitative estimate of drug-likeness (QED) is 0.316. The highest BCUT2D eigenvalue weighted by molar-refractivity contribution is 8.18. The lowest BCUT2D eigenvalue weighted by Crippen LogP contribution is -2.36. The van der Waals surface area contributed by atoms with Crippen LogP contribution in [0.2, 0.25) is 10.2 Å². The third-order valence-corrected chi connectivity index (χ3v) is 7.86. The maximum Gasteiger partial charge on any atom is 0.416 e. The van der Waals surface area contributed by atoms with Gasteiger partial charge in [-0.1, -0.05) is 35.3 Å². The largest absolute Gasteiger partial charge is 0.416 e. The summed E-state index contributed by atoms with van der Waals surface area (Å²) in [5, 5.41) is 4.55. The number of nitrogens with zero attached hydrogens (tertiary/aromatic N) is 4. The van der Waals surface area contributed by atoms with Gasteiger partial charge in [-0.15, -0.1) is 0 Å². The highest BCUT2D eigenvalue weighted by atomic mass is 35.5. The minimum absolute atomic E-state index is 0.00430. The fourth-order valence-corrected chi connectivity index (χ4v) is 5.85. The van der Waals surface area contributed by atoms with Crippen molar-refractivity contribution in [2.75, 3.05) is 26.2 Å². The lowest BCUT2D eigenvalue weighted by Gasteiger charge is -2.18. The van der Waals surface area contributed by atoms with Crippen LogP contribution in [0.15, 0.2) is 41.3 Å². The molecule has 6 nitrogen and oxygen atoms in total. The molecule has 2 amide bonds. The summed E-state index contributed by atoms with van der Waals surface area (Å²) in [5.41, 5.74) is 0.326. The number of carbonyl (C=O) groups excluding carboxylic acids is 2. The Morgan fingerprint density at radius 3 is 2.51 bits per heavy atom. The van der Waals surface area contributed by atoms with Gasteiger partial charge in [0.25, 0.3) is 11.1 Å². The Hall–Kier alpha value is -2.53. The second kappa shape index (κ2) is 10.3. The van der Waals surface area contributed by atoms with E-state index in [0.717, 1.165) is 43.8 Å². The summed E-state index contributed by atoms with van der Waals surface area (Å²) in [6.07, 6.45) is -0.689. The number of carbonyl (C=O) groups is 2. The maximum atomic E-state index is 13.5. The zero-order valence-corrected chi connectivity index (χ0v) is 21.7. The molecule has 1 aromatic heterocycles. The fourth-order valence-electron chi connectivity index (χ4n) is 4.57. The van der Waals surface area contributed by atoms with Gasteiger partial charge in [0.1, 0.15) is 0 Å². The van der Waals surface area contributed by atoms with Crippen LogP contribution in [-0.4, -0.2) is 56.9 Å². The molecular formula is C25H21Cl2F3N4O2S. The predicted molar refractivity (Wildman–Crippen MR) is 139 cm³/mol. The molecule has 0 spiro atoms. The molecule has 12 heteroatoms. The first kappa shape index (κ1) is 26.1. The Morgan fingerprint density at radius 2 is 1.78 bits per heavy atom. The van der Waals surface area contributed by atoms with E-state index in [-0.39, 0.29) is 33.4 Å². The third-order valence-electron chi connectivity index (χ3n) is 6.44. The summed E-state index contributed by atoms with van der Waals surface area (Å²) >= 11 is 13.0. The SMILES string of the molecule is O=C1SC(=Cc2ccc3c(c2)c(Cl)nn3Cc2ccc(Cl)cc2C(F)(F)F)C(=O)N1CCN1CCCC1. The van der Waals surface area contributed by atoms with Crippen LogP contribution in [0.1, 0.15) is 29.5 Å². The standard InChI is InChI=1S/C25H21Cl2F3N4O2S/c26-17-5-4-16(19(13-17)25(28,29)30)14-34-20-6-3-15(11-18(20)22(27)31-34)12-21-23(35)33(24(36)37-21)10-9-32-7-1-2-8-32/h3-6,11-13H,1-2,7-10,14H2. The number of thioether (sulfide) groups is 1. The Kier molecular flexibility index (Phi) is 7.28. The van der Waals surface area contributed by atoms with E-state index < -0.39 is 11.7 Å². The van der Waals surface area contributed by atoms with Gasteiger partial charge in [-0.3, -0.25) is 19.2 Å². The summed E-state index contributed by atoms with van der Waals surface area (Å²) in [7, 11) is 0. The molecular weight excluding hydrogens is 548 g/mol. The molecule has 0 radical (unpaired) electrons. The highest BCUT2D eigenvalue weighted by Crippen LogP contribution is 2.36. The van der Waals surface area contributed by atoms with Crippen molar-refractivity contribution in [3.63, 3.8) is 0 Å². The van der Waals surface area contributed by atoms with Crippen LogP contribution in [0, 0.1) is 0 Å². The van der Waals surface area contributed by atoms with Crippen LogP contribution in [0.5, 0.6) is 0 Å². The van der Waals surface area contributed by atoms with E-state index >= 15 is 0 Å². The van der Waals surface area contributed by atoms with E-state index in [1.807, 2.05) is 0 Å². The molecule has 0 unspecified atom stereocenters. The molecule has 0 aliphatic carbocycles. The van der Waals surface area contributed by atoms with Crippen molar-refractivity contribution < 1.29 is 22.8 Å². The van der Waals surface area contributed by atoms with Crippen LogP contribution < -0.4 is 0 Å². The molecule has 3 heterocycles. The normalized spacial score (nSPS) is 18.2. The molecule has 2 aromatic carbocycles. The molecule has 2 fully saturated rings. The van der Waals surface area contributed by atoms with Gasteiger partial charge in [0.15, 0.2) is 5.15 Å². The Morgan fingerprint density at radius 1 is 1.03 bits per heavy atom. The summed E-state index contributed by atoms with van der Waals surface area (Å²) in [6.45, 7) is 2.82. The zero-order chi connectivity index (χ0) is 26.3. The second-order valence-electron chi connectivity index (χ2n) is 8.91. The first-order valence-electron chi connectivity index (χ1n) is 11.6. The number of alkyl halides is 3. The van der Waals surface area contributed by atoms with Gasteiger partial charge in [-0.25, -0.2) is 0 Å². The minimum atomic E-state index is -4.57. The van der Waals surface area contributed by atoms with Crippen LogP contribution in [0.4, 0.5) is 18.0 Å². The molecule has 2 saturated heterocycles. The number of hydrogen-bond donors (Lipinski definition) is 0. The van der Waals surface area contributed by atoms with Crippen molar-refractivity contribution in [1.29, 1.82) is 0 Å². The van der Waals surface area contributed by atoms with E-state index in [4.69, 9.17) is 23.2 Å². The Balaban J connectivity index is 1.38. The number of benzene rings is 2. The average Bonchev–Trinajstić information content (AvgIpc) is 3.53. The number of imide groups is 1. The molecule has 3 aromatic rings. The fraction of sp³-hybridized carbons (Fsp3) is 0.320. The molecule has 0 N–H and O–H groups in total. The van der Waals surface area contributed by atoms with Crippen molar-refractivity contribution in [2.24, 2.45) is 0 Å². The van der Waals surface area contributed by atoms with E-state index in [2.05, 4.69) is 10.00 Å². The lowest BCUT2D eigenvalue weighted by molar-refractivity contribution is -0.138. The Labute approximate surface area is 225 Å². The van der Waals surface area contributed by atoms with Crippen molar-refractivity contribution in [1.82, 2.24) is 19.6 Å². The molecule has 2 aliphatic heterocycles. The minimum Gasteiger partial charge on any atom is -0.302 e. The monoisotopic (exact) mass is 568 g/mol. The molecule has 0 atom stereocenters. The van der Waals surface area contributed by atoms with Gasteiger partial charge in [-0.2, -0.15) is 18.3 Å². The molecule has 194 valence electrons. The van der Waals surface area contributed by atoms with Gasteiger partial charge in [0, 0.05) is 23.5 Å². The molecule has 0 saturated carbocycles. The van der Waals surface area contributed by atoms with E-state index in [9.17, 15) is 22.8 Å². The van der Waals surface area contributed by atoms with E-state index in [1.54, 1.807) is 24.3 Å². The van der Waals surface area contributed by atoms with Gasteiger partial charge in [0.2, 0.25) is 0 Å². The highest BCUT2D eigenvalue weighted by Gasteiger charge is 2.35. The lowest BCUT2D eigenvalue weighted by atomic mass is 10.1. The summed E-state index contributed by atoms with van der Waals surface area (Å²) < 4.78 is 42.0. The van der Waals surface area contributed by atoms with Crippen LogP contribution in [0.25, 0.3) is 17.0 Å². The number of rotatable bonds is 6. The van der Waals surface area contributed by atoms with Gasteiger partial charge in [-0.05, 0) is 79.2 Å². The molecule has 5 rings (SSSR count). The predicted octanol–water partition coefficient (Wildman–Crippen LogP) is 6.54. The number of aromatic nitrogens is 2. The average molecular weight is 569 g/mol. The maximum absolute atomic E-state index is 13.5. The topological polar surface area (TPSA) is 58.4 Å². The van der Waals surface area contributed by atoms with E-state index in [1.165, 1.54) is 21.7 Å². The number of halogens is 5. The van der Waals surface area contributed by atoms with Crippen LogP contribution in [-0.2, 0) is 17.5 Å². The van der Waals surface area contributed by atoms with Gasteiger partial charge < -0.3 is 4.90 Å². The zero-order valence-electron chi connectivity index (χ0n) is 19.4. The molecule has 37 heavy (non-hydrogen) atoms. The third kappa shape index (κ3) is 5.52. The van der Waals surface area contributed by atoms with Crippen molar-refractivity contribution in [2.45, 2.75) is 25.6 Å². The second-order valence-corrected chi connectivity index (χ2v) is 10.7. The summed E-state index contributed by atoms with van der Waals surface area (Å²) in [5.74, 6) is -0.335. The van der Waals surface area contributed by atoms with Gasteiger partial charge in [0.05, 0.1) is 22.5 Å². The number of likely N-dealkylation sites (tertiary alicyclic amines) is 1. The van der Waals surface area contributed by atoms with Crippen molar-refractivity contribution >= 4 is 63.1 Å². The Bertz CT molecular complexity index is 1420. The van der Waals surface area contributed by atoms with Crippen LogP contribution in [0.3, 0.4) is 0 Å². The molecule has 0 bridgehead atoms. The number of fused-ring (bicyclic) bond motifs is 1.